The molecule has 6 nitrogen and oxygen atoms in total. The summed E-state index contributed by atoms with van der Waals surface area (Å²) >= 11 is 5.94. The Morgan fingerprint density at radius 2 is 1.88 bits per heavy atom. The van der Waals surface area contributed by atoms with Gasteiger partial charge in [-0.25, -0.2) is 4.98 Å². The molecule has 0 radical (unpaired) electrons. The average Bonchev–Trinajstić information content (AvgIpc) is 2.59. The van der Waals surface area contributed by atoms with Gasteiger partial charge in [0.25, 0.3) is 5.91 Å². The smallest absolute Gasteiger partial charge is 0.255 e. The number of aromatic nitrogens is 1. The SMILES string of the molecule is CC(=O)Nc1ccc2nc(-c3ccc(Cl)cc3)cc(OCC(N)=O)c2c1. The molecule has 0 fully saturated rings. The Kier molecular flexibility index (Phi) is 5.04. The maximum atomic E-state index is 11.3. The summed E-state index contributed by atoms with van der Waals surface area (Å²) in [6.45, 7) is 1.17. The fourth-order valence-electron chi connectivity index (χ4n) is 2.51. The van der Waals surface area contributed by atoms with Crippen LogP contribution in [0.25, 0.3) is 22.2 Å². The van der Waals surface area contributed by atoms with Gasteiger partial charge in [-0.15, -0.1) is 0 Å². The summed E-state index contributed by atoms with van der Waals surface area (Å²) in [5, 5.41) is 4.00. The lowest BCUT2D eigenvalue weighted by atomic mass is 10.1. The van der Waals surface area contributed by atoms with E-state index < -0.39 is 5.91 Å². The van der Waals surface area contributed by atoms with E-state index in [-0.39, 0.29) is 12.5 Å². The number of pyridine rings is 1. The molecule has 0 aliphatic heterocycles. The summed E-state index contributed by atoms with van der Waals surface area (Å²) in [7, 11) is 0. The molecule has 1 aromatic heterocycles. The van der Waals surface area contributed by atoms with Gasteiger partial charge in [0.05, 0.1) is 11.2 Å². The zero-order valence-corrected chi connectivity index (χ0v) is 14.7. The van der Waals surface area contributed by atoms with E-state index in [1.165, 1.54) is 6.92 Å². The van der Waals surface area contributed by atoms with Crippen LogP contribution < -0.4 is 15.8 Å². The Labute approximate surface area is 154 Å². The number of primary amides is 1. The topological polar surface area (TPSA) is 94.3 Å². The minimum Gasteiger partial charge on any atom is -0.483 e. The first-order valence-electron chi connectivity index (χ1n) is 7.82. The molecule has 132 valence electrons. The van der Waals surface area contributed by atoms with Crippen molar-refractivity contribution in [1.82, 2.24) is 4.98 Å². The lowest BCUT2D eigenvalue weighted by Gasteiger charge is -2.12. The molecule has 2 amide bonds. The standard InChI is InChI=1S/C19H16ClN3O3/c1-11(24)22-14-6-7-16-15(8-14)18(26-10-19(21)25)9-17(23-16)12-2-4-13(20)5-3-12/h2-9H,10H2,1H3,(H2,21,25)(H,22,24). The molecule has 2 aromatic carbocycles. The molecule has 1 heterocycles. The average molecular weight is 370 g/mol. The number of anilines is 1. The van der Waals surface area contributed by atoms with Gasteiger partial charge < -0.3 is 15.8 Å². The third-order valence-corrected chi connectivity index (χ3v) is 3.85. The van der Waals surface area contributed by atoms with E-state index in [9.17, 15) is 9.59 Å². The number of hydrogen-bond acceptors (Lipinski definition) is 4. The summed E-state index contributed by atoms with van der Waals surface area (Å²) in [6, 6.07) is 14.2. The first kappa shape index (κ1) is 17.7. The highest BCUT2D eigenvalue weighted by molar-refractivity contribution is 6.30. The molecule has 0 bridgehead atoms. The van der Waals surface area contributed by atoms with Crippen LogP contribution in [-0.4, -0.2) is 23.4 Å². The van der Waals surface area contributed by atoms with Crippen LogP contribution in [0.2, 0.25) is 5.02 Å². The summed E-state index contributed by atoms with van der Waals surface area (Å²) in [4.78, 5) is 27.0. The second-order valence-corrected chi connectivity index (χ2v) is 6.12. The predicted molar refractivity (Wildman–Crippen MR) is 101 cm³/mol. The Hall–Kier alpha value is -3.12. The van der Waals surface area contributed by atoms with Crippen molar-refractivity contribution >= 4 is 40.0 Å². The second kappa shape index (κ2) is 7.41. The molecule has 0 saturated carbocycles. The third-order valence-electron chi connectivity index (χ3n) is 3.60. The van der Waals surface area contributed by atoms with Crippen LogP contribution in [0.3, 0.4) is 0 Å². The predicted octanol–water partition coefficient (Wildman–Crippen LogP) is 3.38. The maximum absolute atomic E-state index is 11.3. The van der Waals surface area contributed by atoms with Crippen molar-refractivity contribution in [3.05, 3.63) is 53.6 Å². The molecule has 7 heteroatoms. The Morgan fingerprint density at radius 1 is 1.15 bits per heavy atom. The fourth-order valence-corrected chi connectivity index (χ4v) is 2.64. The van der Waals surface area contributed by atoms with E-state index in [0.29, 0.717) is 33.1 Å². The van der Waals surface area contributed by atoms with Gasteiger partial charge in [-0.05, 0) is 30.3 Å². The first-order chi connectivity index (χ1) is 12.4. The summed E-state index contributed by atoms with van der Waals surface area (Å²) in [6.07, 6.45) is 0. The summed E-state index contributed by atoms with van der Waals surface area (Å²) in [5.41, 5.74) is 7.98. The van der Waals surface area contributed by atoms with Crippen molar-refractivity contribution in [2.24, 2.45) is 5.73 Å². The minimum atomic E-state index is -0.582. The lowest BCUT2D eigenvalue weighted by Crippen LogP contribution is -2.20. The Morgan fingerprint density at radius 3 is 2.54 bits per heavy atom. The first-order valence-corrected chi connectivity index (χ1v) is 8.19. The highest BCUT2D eigenvalue weighted by Gasteiger charge is 2.11. The lowest BCUT2D eigenvalue weighted by molar-refractivity contribution is -0.120. The summed E-state index contributed by atoms with van der Waals surface area (Å²) < 4.78 is 5.57. The van der Waals surface area contributed by atoms with Crippen LogP contribution in [0.5, 0.6) is 5.75 Å². The van der Waals surface area contributed by atoms with Gasteiger partial charge in [0, 0.05) is 34.6 Å². The fraction of sp³-hybridized carbons (Fsp3) is 0.105. The van der Waals surface area contributed by atoms with Gasteiger partial charge in [-0.3, -0.25) is 9.59 Å². The molecule has 26 heavy (non-hydrogen) atoms. The van der Waals surface area contributed by atoms with Crippen molar-refractivity contribution in [2.45, 2.75) is 6.92 Å². The van der Waals surface area contributed by atoms with Gasteiger partial charge >= 0.3 is 0 Å². The molecule has 0 aliphatic rings. The monoisotopic (exact) mass is 369 g/mol. The Bertz CT molecular complexity index is 987. The van der Waals surface area contributed by atoms with Crippen LogP contribution in [0.15, 0.2) is 48.5 Å². The van der Waals surface area contributed by atoms with Gasteiger partial charge in [0.2, 0.25) is 5.91 Å². The number of carbonyl (C=O) groups is 2. The van der Waals surface area contributed by atoms with E-state index in [4.69, 9.17) is 22.1 Å². The number of hydrogen-bond donors (Lipinski definition) is 2. The van der Waals surface area contributed by atoms with Crippen molar-refractivity contribution < 1.29 is 14.3 Å². The van der Waals surface area contributed by atoms with Crippen LogP contribution in [-0.2, 0) is 9.59 Å². The molecule has 0 unspecified atom stereocenters. The largest absolute Gasteiger partial charge is 0.483 e. The van der Waals surface area contributed by atoms with Crippen molar-refractivity contribution in [2.75, 3.05) is 11.9 Å². The molecule has 0 spiro atoms. The van der Waals surface area contributed by atoms with Crippen LogP contribution >= 0.6 is 11.6 Å². The number of nitrogens with two attached hydrogens (primary N) is 1. The molecule has 3 aromatic rings. The van der Waals surface area contributed by atoms with E-state index in [1.54, 1.807) is 36.4 Å². The van der Waals surface area contributed by atoms with Gasteiger partial charge in [0.15, 0.2) is 6.61 Å². The zero-order valence-electron chi connectivity index (χ0n) is 14.0. The zero-order chi connectivity index (χ0) is 18.7. The van der Waals surface area contributed by atoms with Crippen LogP contribution in [0.4, 0.5) is 5.69 Å². The second-order valence-electron chi connectivity index (χ2n) is 5.68. The number of carbonyl (C=O) groups excluding carboxylic acids is 2. The number of nitrogens with one attached hydrogen (secondary N) is 1. The molecule has 0 aliphatic carbocycles. The van der Waals surface area contributed by atoms with E-state index in [1.807, 2.05) is 12.1 Å². The maximum Gasteiger partial charge on any atom is 0.255 e. The van der Waals surface area contributed by atoms with Gasteiger partial charge in [-0.2, -0.15) is 0 Å². The van der Waals surface area contributed by atoms with Crippen LogP contribution in [0, 0.1) is 0 Å². The van der Waals surface area contributed by atoms with Crippen molar-refractivity contribution in [3.63, 3.8) is 0 Å². The molecule has 0 atom stereocenters. The third kappa shape index (κ3) is 4.10. The molecule has 3 N–H and O–H groups in total. The normalized spacial score (nSPS) is 10.5. The number of rotatable bonds is 5. The molecular weight excluding hydrogens is 354 g/mol. The van der Waals surface area contributed by atoms with E-state index >= 15 is 0 Å². The van der Waals surface area contributed by atoms with Gasteiger partial charge in [-0.1, -0.05) is 23.7 Å². The van der Waals surface area contributed by atoms with Crippen molar-refractivity contribution in [3.8, 4) is 17.0 Å². The number of fused-ring (bicyclic) bond motifs is 1. The number of ether oxygens (including phenoxy) is 1. The number of amides is 2. The van der Waals surface area contributed by atoms with E-state index in [2.05, 4.69) is 10.3 Å². The quantitative estimate of drug-likeness (QED) is 0.720. The molecule has 0 saturated heterocycles. The highest BCUT2D eigenvalue weighted by Crippen LogP contribution is 2.32. The number of benzene rings is 2. The van der Waals surface area contributed by atoms with E-state index in [0.717, 1.165) is 5.56 Å². The van der Waals surface area contributed by atoms with Crippen LogP contribution in [0.1, 0.15) is 6.92 Å². The molecular formula is C19H16ClN3O3. The minimum absolute atomic E-state index is 0.185. The highest BCUT2D eigenvalue weighted by atomic mass is 35.5. The number of nitrogens with zero attached hydrogens (tertiary/aromatic N) is 1. The van der Waals surface area contributed by atoms with Crippen molar-refractivity contribution in [1.29, 1.82) is 0 Å². The van der Waals surface area contributed by atoms with Gasteiger partial charge in [0.1, 0.15) is 5.75 Å². The summed E-state index contributed by atoms with van der Waals surface area (Å²) in [5.74, 6) is -0.318. The number of halogens is 1. The molecule has 3 rings (SSSR count). The Balaban J connectivity index is 2.12.